The number of fused-ring (bicyclic) bond motifs is 4. The highest BCUT2D eigenvalue weighted by atomic mass is 32.5. The molecule has 0 radical (unpaired) electrons. The number of imidazole rings is 1. The van der Waals surface area contributed by atoms with E-state index in [9.17, 15) is 9.69 Å². The summed E-state index contributed by atoms with van der Waals surface area (Å²) < 4.78 is 39.0. The molecular weight excluding hydrogens is 617 g/mol. The number of aromatic nitrogens is 7. The molecule has 3 fully saturated rings. The lowest BCUT2D eigenvalue weighted by Gasteiger charge is -2.25. The van der Waals surface area contributed by atoms with E-state index >= 15 is 0 Å². The van der Waals surface area contributed by atoms with Crippen LogP contribution in [0.15, 0.2) is 25.2 Å². The average Bonchev–Trinajstić information content (AvgIpc) is 3.75. The fourth-order valence-electron chi connectivity index (χ4n) is 6.24. The molecule has 4 aromatic rings. The molecule has 0 amide bonds. The zero-order valence-electron chi connectivity index (χ0n) is 23.1. The largest absolute Gasteiger partial charge is 0.508 e. The lowest BCUT2D eigenvalue weighted by atomic mass is 10.1. The van der Waals surface area contributed by atoms with Crippen molar-refractivity contribution < 1.29 is 37.7 Å². The Kier molecular flexibility index (Phi) is 6.89. The Morgan fingerprint density at radius 3 is 2.80 bits per heavy atom. The molecule has 1 unspecified atom stereocenters. The Labute approximate surface area is 254 Å². The maximum Gasteiger partial charge on any atom is 0.508 e. The fourth-order valence-corrected chi connectivity index (χ4v) is 7.73. The minimum absolute atomic E-state index is 0.108. The van der Waals surface area contributed by atoms with E-state index in [0.29, 0.717) is 23.2 Å². The van der Waals surface area contributed by atoms with Crippen LogP contribution in [-0.4, -0.2) is 89.3 Å². The van der Waals surface area contributed by atoms with Crippen LogP contribution < -0.4 is 11.1 Å². The summed E-state index contributed by atoms with van der Waals surface area (Å²) in [5, 5.41) is 4.30. The maximum atomic E-state index is 13.0. The number of nitrogen functional groups attached to an aromatic ring is 1. The molecule has 19 heteroatoms. The summed E-state index contributed by atoms with van der Waals surface area (Å²) >= 11 is 5.39. The zero-order valence-corrected chi connectivity index (χ0v) is 24.8. The summed E-state index contributed by atoms with van der Waals surface area (Å²) in [6.45, 7) is -3.28. The van der Waals surface area contributed by atoms with Crippen molar-refractivity contribution in [3.05, 3.63) is 30.7 Å². The van der Waals surface area contributed by atoms with E-state index in [4.69, 9.17) is 45.5 Å². The second kappa shape index (κ2) is 10.8. The summed E-state index contributed by atoms with van der Waals surface area (Å²) in [4.78, 5) is 45.5. The predicted molar refractivity (Wildman–Crippen MR) is 155 cm³/mol. The van der Waals surface area contributed by atoms with Gasteiger partial charge in [-0.25, -0.2) is 29.7 Å². The number of nitrogens with two attached hydrogens (primary N) is 1. The van der Waals surface area contributed by atoms with Crippen molar-refractivity contribution in [3.63, 3.8) is 0 Å². The molecule has 8 heterocycles. The van der Waals surface area contributed by atoms with Crippen molar-refractivity contribution in [2.75, 3.05) is 30.8 Å². The lowest BCUT2D eigenvalue weighted by Crippen LogP contribution is -2.32. The first-order valence-corrected chi connectivity index (χ1v) is 16.7. The first-order chi connectivity index (χ1) is 21.3. The van der Waals surface area contributed by atoms with Crippen molar-refractivity contribution in [1.29, 1.82) is 0 Å². The van der Waals surface area contributed by atoms with Gasteiger partial charge in [-0.05, 0) is 30.2 Å². The van der Waals surface area contributed by atoms with Crippen LogP contribution >= 0.6 is 6.72 Å². The molecule has 8 rings (SSSR count). The van der Waals surface area contributed by atoms with E-state index in [-0.39, 0.29) is 25.5 Å². The van der Waals surface area contributed by atoms with Gasteiger partial charge in [0.15, 0.2) is 23.8 Å². The van der Waals surface area contributed by atoms with Crippen LogP contribution in [0.5, 0.6) is 0 Å². The number of rotatable bonds is 2. The summed E-state index contributed by atoms with van der Waals surface area (Å²) in [7, 11) is 0. The molecule has 17 nitrogen and oxygen atoms in total. The summed E-state index contributed by atoms with van der Waals surface area (Å²) in [6, 6.07) is 0. The van der Waals surface area contributed by atoms with Gasteiger partial charge in [0.1, 0.15) is 54.7 Å². The van der Waals surface area contributed by atoms with Crippen LogP contribution in [0.1, 0.15) is 37.3 Å². The van der Waals surface area contributed by atoms with Gasteiger partial charge >= 0.3 is 12.9 Å². The topological polar surface area (TPSA) is 205 Å². The van der Waals surface area contributed by atoms with E-state index in [1.165, 1.54) is 19.0 Å². The number of nitrogens with one attached hydrogen (secondary N) is 1. The van der Waals surface area contributed by atoms with Gasteiger partial charge in [-0.15, -0.1) is 0 Å². The van der Waals surface area contributed by atoms with Gasteiger partial charge in [-0.2, -0.15) is 0 Å². The van der Waals surface area contributed by atoms with E-state index < -0.39 is 49.7 Å². The third kappa shape index (κ3) is 4.95. The lowest BCUT2D eigenvalue weighted by molar-refractivity contribution is -0.0823. The number of anilines is 2. The monoisotopic (exact) mass is 645 g/mol. The van der Waals surface area contributed by atoms with Crippen LogP contribution in [0.3, 0.4) is 0 Å². The molecule has 3 saturated heterocycles. The fraction of sp³-hybridized carbons (Fsp3) is 0.520. The SMILES string of the molecule is Nc1ncnc2c1ncn2[C@@H]1O[C@@H]2COP(O)(=S)O[C@H]3C[C@H](n4cc5c6c(ncnc64)NCCC5)O[C@@H]3COC(=O)O[C@@H]1C2. The smallest absolute Gasteiger partial charge is 0.431 e. The van der Waals surface area contributed by atoms with Crippen LogP contribution in [-0.2, 0) is 46.2 Å². The predicted octanol–water partition coefficient (Wildman–Crippen LogP) is 1.94. The number of cyclic esters (lactones) is 1. The Morgan fingerprint density at radius 2 is 1.89 bits per heavy atom. The second-order valence-electron chi connectivity index (χ2n) is 11.0. The van der Waals surface area contributed by atoms with E-state index in [1.54, 1.807) is 4.57 Å². The number of aryl methyl sites for hydroxylation is 1. The highest BCUT2D eigenvalue weighted by molar-refractivity contribution is 8.07. The molecule has 2 bridgehead atoms. The van der Waals surface area contributed by atoms with Crippen LogP contribution in [0.4, 0.5) is 16.4 Å². The highest BCUT2D eigenvalue weighted by Crippen LogP contribution is 2.50. The molecule has 0 spiro atoms. The number of carbonyl (C=O) groups excluding carboxylic acids is 1. The maximum absolute atomic E-state index is 13.0. The van der Waals surface area contributed by atoms with Gasteiger partial charge in [0, 0.05) is 25.6 Å². The van der Waals surface area contributed by atoms with Gasteiger partial charge in [-0.1, -0.05) is 0 Å². The highest BCUT2D eigenvalue weighted by Gasteiger charge is 2.45. The second-order valence-corrected chi connectivity index (χ2v) is 13.8. The van der Waals surface area contributed by atoms with E-state index in [0.717, 1.165) is 36.2 Å². The summed E-state index contributed by atoms with van der Waals surface area (Å²) in [5.74, 6) is 0.975. The zero-order chi connectivity index (χ0) is 30.0. The van der Waals surface area contributed by atoms with Crippen molar-refractivity contribution in [1.82, 2.24) is 34.1 Å². The van der Waals surface area contributed by atoms with Gasteiger partial charge < -0.3 is 48.5 Å². The van der Waals surface area contributed by atoms with Crippen molar-refractivity contribution in [2.45, 2.75) is 62.6 Å². The molecule has 4 N–H and O–H groups in total. The molecule has 7 atom stereocenters. The Balaban J connectivity index is 1.05. The third-order valence-corrected chi connectivity index (χ3v) is 9.79. The average molecular weight is 646 g/mol. The molecule has 4 aliphatic heterocycles. The Bertz CT molecular complexity index is 1800. The van der Waals surface area contributed by atoms with Gasteiger partial charge in [0.2, 0.25) is 0 Å². The molecule has 4 aromatic heterocycles. The summed E-state index contributed by atoms with van der Waals surface area (Å²) in [6.07, 6.45) is 3.39. The first kappa shape index (κ1) is 28.0. The van der Waals surface area contributed by atoms with Gasteiger partial charge in [0.25, 0.3) is 0 Å². The Morgan fingerprint density at radius 1 is 1.02 bits per heavy atom. The molecular formula is C25H28N9O8PS. The standard InChI is InChI=1S/C25H28N9O8PS/c26-20-19-23(31-9-28-20)34(11-32-19)24-15-4-13(39-24)7-38-43(36,44)42-14-5-17(40-16(14)8-37-25(35)41-15)33-6-12-2-1-3-27-21-18(12)22(33)30-10-29-21/h6,9-11,13-17,24H,1-5,7-8H2,(H,36,44)(H2,26,28,31)(H,27,29,30)/t13-,14-,15+,16+,17+,24+,43?/m0/s1. The minimum Gasteiger partial charge on any atom is -0.431 e. The first-order valence-electron chi connectivity index (χ1n) is 14.1. The minimum atomic E-state index is -3.77. The van der Waals surface area contributed by atoms with Crippen LogP contribution in [0.25, 0.3) is 22.2 Å². The van der Waals surface area contributed by atoms with Crippen LogP contribution in [0, 0.1) is 0 Å². The number of carbonyl (C=O) groups is 1. The molecule has 0 saturated carbocycles. The number of hydrogen-bond donors (Lipinski definition) is 3. The molecule has 4 aliphatic rings. The van der Waals surface area contributed by atoms with E-state index in [1.807, 2.05) is 10.8 Å². The summed E-state index contributed by atoms with van der Waals surface area (Å²) in [5.41, 5.74) is 8.53. The molecule has 0 aliphatic carbocycles. The van der Waals surface area contributed by atoms with Crippen molar-refractivity contribution in [2.24, 2.45) is 0 Å². The molecule has 0 aromatic carbocycles. The number of hydrogen-bond acceptors (Lipinski definition) is 15. The molecule has 232 valence electrons. The Hall–Kier alpha value is -3.51. The van der Waals surface area contributed by atoms with Gasteiger partial charge in [-0.3, -0.25) is 4.57 Å². The van der Waals surface area contributed by atoms with Gasteiger partial charge in [0.05, 0.1) is 24.4 Å². The van der Waals surface area contributed by atoms with Crippen molar-refractivity contribution in [3.8, 4) is 0 Å². The van der Waals surface area contributed by atoms with Crippen LogP contribution in [0.2, 0.25) is 0 Å². The third-order valence-electron chi connectivity index (χ3n) is 8.21. The van der Waals surface area contributed by atoms with E-state index in [2.05, 4.69) is 30.2 Å². The normalized spacial score (nSPS) is 32.5. The molecule has 44 heavy (non-hydrogen) atoms. The number of nitrogens with zero attached hydrogens (tertiary/aromatic N) is 7. The number of ether oxygens (including phenoxy) is 4. The quantitative estimate of drug-likeness (QED) is 0.210. The van der Waals surface area contributed by atoms with Crippen molar-refractivity contribution >= 4 is 58.5 Å².